The number of ether oxygens (including phenoxy) is 1. The van der Waals surface area contributed by atoms with Gasteiger partial charge in [-0.05, 0) is 54.6 Å². The molecule has 0 radical (unpaired) electrons. The van der Waals surface area contributed by atoms with Gasteiger partial charge < -0.3 is 25.4 Å². The number of pyridine rings is 1. The van der Waals surface area contributed by atoms with Crippen LogP contribution in [0.15, 0.2) is 66.7 Å². The summed E-state index contributed by atoms with van der Waals surface area (Å²) < 4.78 is 5.59. The number of aromatic nitrogens is 1. The van der Waals surface area contributed by atoms with Crippen molar-refractivity contribution in [2.45, 2.75) is 44.8 Å². The summed E-state index contributed by atoms with van der Waals surface area (Å²) in [5, 5.41) is 17.2. The van der Waals surface area contributed by atoms with Crippen molar-refractivity contribution in [2.75, 3.05) is 20.2 Å². The Morgan fingerprint density at radius 3 is 2.42 bits per heavy atom. The summed E-state index contributed by atoms with van der Waals surface area (Å²) in [7, 11) is 1.50. The molecule has 0 spiro atoms. The van der Waals surface area contributed by atoms with Gasteiger partial charge in [0.05, 0.1) is 29.4 Å². The van der Waals surface area contributed by atoms with E-state index in [-0.39, 0.29) is 25.0 Å². The number of carboxylic acid groups (broad SMARTS) is 1. The monoisotopic (exact) mass is 644 g/mol. The SMILES string of the molecule is COc1nc(-c2cccc(-c3cccc(-c4ccc5c(c4)CCCNC5)c3Cl)c2Cl)ccc1CN(CC1CCC(=O)N1)C(=O)O. The van der Waals surface area contributed by atoms with Crippen LogP contribution in [0.1, 0.15) is 36.0 Å². The molecule has 3 N–H and O–H groups in total. The van der Waals surface area contributed by atoms with Gasteiger partial charge in [0.1, 0.15) is 0 Å². The highest BCUT2D eigenvalue weighted by molar-refractivity contribution is 6.39. The van der Waals surface area contributed by atoms with Gasteiger partial charge in [-0.25, -0.2) is 9.78 Å². The lowest BCUT2D eigenvalue weighted by Crippen LogP contribution is -2.41. The van der Waals surface area contributed by atoms with E-state index < -0.39 is 6.09 Å². The van der Waals surface area contributed by atoms with Crippen LogP contribution < -0.4 is 15.4 Å². The highest BCUT2D eigenvalue weighted by Gasteiger charge is 2.26. The van der Waals surface area contributed by atoms with Gasteiger partial charge in [0, 0.05) is 53.4 Å². The second-order valence-corrected chi connectivity index (χ2v) is 12.2. The number of halogens is 2. The first kappa shape index (κ1) is 30.9. The first-order valence-electron chi connectivity index (χ1n) is 15.0. The Bertz CT molecular complexity index is 1760. The van der Waals surface area contributed by atoms with E-state index in [0.29, 0.717) is 45.6 Å². The predicted octanol–water partition coefficient (Wildman–Crippen LogP) is 7.19. The number of rotatable bonds is 8. The molecule has 8 nitrogen and oxygen atoms in total. The number of hydrogen-bond donors (Lipinski definition) is 3. The number of methoxy groups -OCH3 is 1. The Balaban J connectivity index is 1.29. The molecule has 2 aliphatic heterocycles. The number of carbonyl (C=O) groups excluding carboxylic acids is 1. The highest BCUT2D eigenvalue weighted by Crippen LogP contribution is 2.42. The van der Waals surface area contributed by atoms with E-state index in [1.807, 2.05) is 42.5 Å². The molecule has 45 heavy (non-hydrogen) atoms. The number of hydrogen-bond acceptors (Lipinski definition) is 5. The number of carbonyl (C=O) groups is 2. The van der Waals surface area contributed by atoms with Crippen LogP contribution in [0.4, 0.5) is 4.79 Å². The zero-order valence-corrected chi connectivity index (χ0v) is 26.4. The van der Waals surface area contributed by atoms with E-state index in [0.717, 1.165) is 48.2 Å². The molecule has 0 saturated carbocycles. The van der Waals surface area contributed by atoms with Crippen molar-refractivity contribution in [2.24, 2.45) is 0 Å². The van der Waals surface area contributed by atoms with Crippen LogP contribution in [-0.2, 0) is 24.3 Å². The van der Waals surface area contributed by atoms with Gasteiger partial charge in [-0.1, -0.05) is 77.8 Å². The van der Waals surface area contributed by atoms with Crippen molar-refractivity contribution in [3.8, 4) is 39.4 Å². The molecule has 4 aromatic rings. The summed E-state index contributed by atoms with van der Waals surface area (Å²) in [4.78, 5) is 29.6. The van der Waals surface area contributed by atoms with Crippen molar-refractivity contribution < 1.29 is 19.4 Å². The summed E-state index contributed by atoms with van der Waals surface area (Å²) in [6, 6.07) is 21.7. The second kappa shape index (κ2) is 13.5. The Hall–Kier alpha value is -4.11. The molecule has 2 amide bonds. The van der Waals surface area contributed by atoms with Crippen LogP contribution in [0.3, 0.4) is 0 Å². The van der Waals surface area contributed by atoms with E-state index in [1.165, 1.54) is 23.1 Å². The number of fused-ring (bicyclic) bond motifs is 1. The molecule has 3 aromatic carbocycles. The maximum absolute atomic E-state index is 12.0. The smallest absolute Gasteiger partial charge is 0.407 e. The Morgan fingerprint density at radius 1 is 0.978 bits per heavy atom. The van der Waals surface area contributed by atoms with Crippen molar-refractivity contribution in [1.29, 1.82) is 0 Å². The predicted molar refractivity (Wildman–Crippen MR) is 177 cm³/mol. The Labute approximate surface area is 272 Å². The number of benzene rings is 3. The van der Waals surface area contributed by atoms with Gasteiger partial charge in [-0.2, -0.15) is 0 Å². The van der Waals surface area contributed by atoms with Gasteiger partial charge in [-0.3, -0.25) is 4.79 Å². The lowest BCUT2D eigenvalue weighted by Gasteiger charge is -2.23. The Morgan fingerprint density at radius 2 is 1.71 bits per heavy atom. The van der Waals surface area contributed by atoms with Gasteiger partial charge in [-0.15, -0.1) is 0 Å². The molecule has 2 aliphatic rings. The third kappa shape index (κ3) is 6.64. The van der Waals surface area contributed by atoms with Gasteiger partial charge in [0.2, 0.25) is 11.8 Å². The molecule has 10 heteroatoms. The van der Waals surface area contributed by atoms with Crippen molar-refractivity contribution in [1.82, 2.24) is 20.5 Å². The zero-order valence-electron chi connectivity index (χ0n) is 24.9. The number of nitrogens with one attached hydrogen (secondary N) is 2. The molecule has 1 unspecified atom stereocenters. The maximum Gasteiger partial charge on any atom is 0.407 e. The minimum Gasteiger partial charge on any atom is -0.481 e. The molecule has 232 valence electrons. The summed E-state index contributed by atoms with van der Waals surface area (Å²) in [5.74, 6) is 0.238. The summed E-state index contributed by atoms with van der Waals surface area (Å²) in [6.45, 7) is 2.14. The standard InChI is InChI=1S/C35H34Cl2N4O4/c1-45-34-24(19-41(35(43)44)20-25-13-15-31(42)39-25)12-14-30(40-34)29-9-3-8-28(33(29)37)27-7-2-6-26(32(27)36)22-10-11-23-18-38-16-4-5-21(23)17-22/h2-3,6-12,14,17,25,38H,4-5,13,15-16,18-20H2,1H3,(H,39,42)(H,43,44). The number of aryl methyl sites for hydroxylation is 1. The maximum atomic E-state index is 12.0. The summed E-state index contributed by atoms with van der Waals surface area (Å²) in [6.07, 6.45) is 2.05. The number of amides is 2. The fourth-order valence-electron chi connectivity index (χ4n) is 6.14. The first-order valence-corrected chi connectivity index (χ1v) is 15.8. The zero-order chi connectivity index (χ0) is 31.5. The largest absolute Gasteiger partial charge is 0.481 e. The lowest BCUT2D eigenvalue weighted by atomic mass is 9.94. The van der Waals surface area contributed by atoms with Crippen LogP contribution in [-0.4, -0.2) is 53.2 Å². The van der Waals surface area contributed by atoms with E-state index in [2.05, 4.69) is 28.8 Å². The summed E-state index contributed by atoms with van der Waals surface area (Å²) in [5.41, 5.74) is 8.17. The van der Waals surface area contributed by atoms with Crippen LogP contribution in [0.2, 0.25) is 10.0 Å². The topological polar surface area (TPSA) is 104 Å². The quantitative estimate of drug-likeness (QED) is 0.187. The first-order chi connectivity index (χ1) is 21.8. The van der Waals surface area contributed by atoms with E-state index >= 15 is 0 Å². The fourth-order valence-corrected chi connectivity index (χ4v) is 6.80. The molecule has 3 heterocycles. The van der Waals surface area contributed by atoms with Gasteiger partial charge in [0.15, 0.2) is 0 Å². The minimum atomic E-state index is -1.08. The van der Waals surface area contributed by atoms with Crippen LogP contribution in [0, 0.1) is 0 Å². The average Bonchev–Trinajstić information content (AvgIpc) is 3.30. The van der Waals surface area contributed by atoms with Crippen molar-refractivity contribution >= 4 is 35.2 Å². The second-order valence-electron chi connectivity index (χ2n) is 11.4. The molecule has 1 atom stereocenters. The minimum absolute atomic E-state index is 0.0622. The summed E-state index contributed by atoms with van der Waals surface area (Å²) >= 11 is 14.2. The van der Waals surface area contributed by atoms with Crippen molar-refractivity contribution in [3.05, 3.63) is 93.5 Å². The van der Waals surface area contributed by atoms with Gasteiger partial charge in [0.25, 0.3) is 0 Å². The molecule has 0 aliphatic carbocycles. The van der Waals surface area contributed by atoms with E-state index in [9.17, 15) is 14.7 Å². The van der Waals surface area contributed by atoms with Crippen LogP contribution in [0.25, 0.3) is 33.5 Å². The number of nitrogens with zero attached hydrogens (tertiary/aromatic N) is 2. The van der Waals surface area contributed by atoms with E-state index in [4.69, 9.17) is 32.9 Å². The lowest BCUT2D eigenvalue weighted by molar-refractivity contribution is -0.119. The molecule has 1 fully saturated rings. The van der Waals surface area contributed by atoms with Gasteiger partial charge >= 0.3 is 6.09 Å². The van der Waals surface area contributed by atoms with Crippen LogP contribution in [0.5, 0.6) is 5.88 Å². The van der Waals surface area contributed by atoms with E-state index in [1.54, 1.807) is 6.07 Å². The van der Waals surface area contributed by atoms with Crippen molar-refractivity contribution in [3.63, 3.8) is 0 Å². The molecular weight excluding hydrogens is 611 g/mol. The fraction of sp³-hybridized carbons (Fsp3) is 0.286. The molecule has 1 aromatic heterocycles. The third-order valence-electron chi connectivity index (χ3n) is 8.49. The third-order valence-corrected chi connectivity index (χ3v) is 9.30. The highest BCUT2D eigenvalue weighted by atomic mass is 35.5. The normalized spacial score (nSPS) is 16.1. The molecule has 6 rings (SSSR count). The molecule has 1 saturated heterocycles. The average molecular weight is 646 g/mol. The molecular formula is C35H34Cl2N4O4. The molecule has 0 bridgehead atoms. The Kier molecular flexibility index (Phi) is 9.26. The van der Waals surface area contributed by atoms with Crippen LogP contribution >= 0.6 is 23.2 Å².